The molecule has 2 rings (SSSR count). The Bertz CT molecular complexity index is 784. The first-order chi connectivity index (χ1) is 20.1. The van der Waals surface area contributed by atoms with Crippen LogP contribution < -0.4 is 0 Å². The Kier molecular flexibility index (Phi) is 21.2. The summed E-state index contributed by atoms with van der Waals surface area (Å²) in [6.45, 7) is 30.4. The van der Waals surface area contributed by atoms with Crippen molar-refractivity contribution >= 4 is 48.2 Å². The molecule has 43 heavy (non-hydrogen) atoms. The van der Waals surface area contributed by atoms with E-state index in [1.54, 1.807) is 0 Å². The van der Waals surface area contributed by atoms with Gasteiger partial charge >= 0.3 is 39.3 Å². The van der Waals surface area contributed by atoms with E-state index in [1.807, 2.05) is 0 Å². The van der Waals surface area contributed by atoms with Gasteiger partial charge in [-0.3, -0.25) is 9.98 Å². The second-order valence-electron chi connectivity index (χ2n) is 15.5. The molecule has 8 heteroatoms. The third-order valence-electron chi connectivity index (χ3n) is 9.86. The number of hydrogen-bond donors (Lipinski definition) is 0. The van der Waals surface area contributed by atoms with Crippen LogP contribution in [0, 0.1) is 47.3 Å². The maximum absolute atomic E-state index is 6.02. The van der Waals surface area contributed by atoms with Gasteiger partial charge in [0.2, 0.25) is 0 Å². The Hall–Kier alpha value is 0.930. The van der Waals surface area contributed by atoms with Crippen LogP contribution in [0.5, 0.6) is 0 Å². The van der Waals surface area contributed by atoms with Crippen molar-refractivity contribution in [2.24, 2.45) is 57.3 Å². The molecule has 0 N–H and O–H groups in total. The molecular formula is C35H68Br2N2NiO2Si. The summed E-state index contributed by atoms with van der Waals surface area (Å²) in [6, 6.07) is 0.829. The number of hydrogen-bond acceptors (Lipinski definition) is 4. The van der Waals surface area contributed by atoms with Crippen molar-refractivity contribution < 1.29 is 20.1 Å². The molecule has 0 aromatic carbocycles. The van der Waals surface area contributed by atoms with Crippen LogP contribution in [0.25, 0.3) is 0 Å². The maximum atomic E-state index is 6.02. The molecule has 0 spiro atoms. The van der Waals surface area contributed by atoms with Crippen molar-refractivity contribution in [3.8, 4) is 0 Å². The van der Waals surface area contributed by atoms with Crippen LogP contribution in [0.2, 0.25) is 19.6 Å². The van der Waals surface area contributed by atoms with E-state index in [4.69, 9.17) is 19.1 Å². The van der Waals surface area contributed by atoms with E-state index in [0.29, 0.717) is 72.6 Å². The summed E-state index contributed by atoms with van der Waals surface area (Å²) in [6.07, 6.45) is 9.91. The SMILES string of the molecule is CC(=NC1C(C(C)C)CCCC1C(C)C)C(CCCOCCO[Si](C)(C)C)=NC1C(C(C)C)CCCC1C(C)C.[Br][Ni][Br]. The third kappa shape index (κ3) is 15.6. The molecule has 2 saturated carbocycles. The van der Waals surface area contributed by atoms with Gasteiger partial charge in [0.25, 0.3) is 0 Å². The van der Waals surface area contributed by atoms with Gasteiger partial charge in [-0.2, -0.15) is 0 Å². The predicted octanol–water partition coefficient (Wildman–Crippen LogP) is 11.4. The summed E-state index contributed by atoms with van der Waals surface area (Å²) in [5, 5.41) is 0. The first kappa shape index (κ1) is 42.0. The van der Waals surface area contributed by atoms with E-state index in [9.17, 15) is 0 Å². The molecule has 258 valence electrons. The van der Waals surface area contributed by atoms with E-state index in [-0.39, 0.29) is 0 Å². The Morgan fingerprint density at radius 2 is 1.09 bits per heavy atom. The van der Waals surface area contributed by atoms with Crippen LogP contribution in [-0.4, -0.2) is 51.6 Å². The zero-order valence-electron chi connectivity index (χ0n) is 29.8. The summed E-state index contributed by atoms with van der Waals surface area (Å²) in [4.78, 5) is 11.4. The van der Waals surface area contributed by atoms with Crippen molar-refractivity contribution in [3.05, 3.63) is 0 Å². The van der Waals surface area contributed by atoms with Gasteiger partial charge in [-0.1, -0.05) is 68.2 Å². The second kappa shape index (κ2) is 21.7. The molecule has 4 unspecified atom stereocenters. The summed E-state index contributed by atoms with van der Waals surface area (Å²) < 4.78 is 12.0. The zero-order chi connectivity index (χ0) is 32.7. The first-order valence-electron chi connectivity index (χ1n) is 17.3. The van der Waals surface area contributed by atoms with Gasteiger partial charge in [0.1, 0.15) is 0 Å². The molecule has 4 atom stereocenters. The number of rotatable bonds is 15. The number of nitrogens with zero attached hydrogens (tertiary/aromatic N) is 2. The number of ether oxygens (including phenoxy) is 1. The predicted molar refractivity (Wildman–Crippen MR) is 196 cm³/mol. The van der Waals surface area contributed by atoms with Crippen molar-refractivity contribution in [1.82, 2.24) is 0 Å². The van der Waals surface area contributed by atoms with Crippen molar-refractivity contribution in [2.45, 2.75) is 145 Å². The fraction of sp³-hybridized carbons (Fsp3) is 0.943. The molecule has 2 fully saturated rings. The summed E-state index contributed by atoms with van der Waals surface area (Å²) >= 11 is 6.00. The van der Waals surface area contributed by atoms with Gasteiger partial charge in [0.05, 0.1) is 36.7 Å². The van der Waals surface area contributed by atoms with E-state index < -0.39 is 8.32 Å². The minimum atomic E-state index is -1.48. The summed E-state index contributed by atoms with van der Waals surface area (Å²) in [5.74, 6) is 5.35. The fourth-order valence-electron chi connectivity index (χ4n) is 7.46. The van der Waals surface area contributed by atoms with Crippen LogP contribution in [0.1, 0.15) is 114 Å². The second-order valence-corrected chi connectivity index (χ2v) is 25.0. The zero-order valence-corrected chi connectivity index (χ0v) is 35.0. The molecule has 0 amide bonds. The topological polar surface area (TPSA) is 43.2 Å². The van der Waals surface area contributed by atoms with Gasteiger partial charge in [-0.05, 0) is 112 Å². The Balaban J connectivity index is 0.00000295. The summed E-state index contributed by atoms with van der Waals surface area (Å²) in [5.41, 5.74) is 2.47. The van der Waals surface area contributed by atoms with Gasteiger partial charge in [-0.15, -0.1) is 0 Å². The van der Waals surface area contributed by atoms with Gasteiger partial charge in [-0.25, -0.2) is 0 Å². The minimum absolute atomic E-state index is 0.410. The molecule has 0 aromatic heterocycles. The standard InChI is InChI=1S/C35H68N2O2Si.2BrH.Ni/c1-24(2)29-16-13-17-30(25(3)4)34(29)36-28(9)33(20-15-21-38-22-23-39-40(10,11)12)37-35-31(26(5)6)18-14-19-32(35)27(7)8;;;/h24-27,29-32,34-35H,13-23H2,1-12H3;2*1H;/q;;;+2/p-2. The Morgan fingerprint density at radius 1 is 0.698 bits per heavy atom. The molecule has 0 bridgehead atoms. The Morgan fingerprint density at radius 3 is 1.47 bits per heavy atom. The van der Waals surface area contributed by atoms with Crippen LogP contribution in [0.15, 0.2) is 9.98 Å². The van der Waals surface area contributed by atoms with E-state index in [2.05, 4.69) is 110 Å². The molecule has 0 saturated heterocycles. The molecule has 0 aromatic rings. The van der Waals surface area contributed by atoms with E-state index in [1.165, 1.54) is 60.8 Å². The average Bonchev–Trinajstić information content (AvgIpc) is 2.91. The molecule has 0 radical (unpaired) electrons. The number of halogens is 2. The monoisotopic (exact) mass is 792 g/mol. The van der Waals surface area contributed by atoms with Crippen LogP contribution in [0.4, 0.5) is 0 Å². The van der Waals surface area contributed by atoms with Crippen LogP contribution in [0.3, 0.4) is 0 Å². The normalized spacial score (nSPS) is 27.8. The molecule has 0 aliphatic heterocycles. The van der Waals surface area contributed by atoms with Crippen molar-refractivity contribution in [2.75, 3.05) is 19.8 Å². The molecule has 2 aliphatic carbocycles. The molecular weight excluding hydrogens is 727 g/mol. The molecule has 2 aliphatic rings. The van der Waals surface area contributed by atoms with Gasteiger partial charge < -0.3 is 9.16 Å². The number of aliphatic imine (C=N–C) groups is 2. The Labute approximate surface area is 289 Å². The van der Waals surface area contributed by atoms with E-state index in [0.717, 1.165) is 19.4 Å². The third-order valence-corrected chi connectivity index (χ3v) is 10.9. The average molecular weight is 796 g/mol. The molecule has 4 nitrogen and oxygen atoms in total. The summed E-state index contributed by atoms with van der Waals surface area (Å²) in [7, 11) is -0.230. The first-order valence-corrected chi connectivity index (χ1v) is 25.6. The van der Waals surface area contributed by atoms with Crippen LogP contribution in [-0.2, 0) is 20.1 Å². The van der Waals surface area contributed by atoms with E-state index >= 15 is 0 Å². The fourth-order valence-corrected chi connectivity index (χ4v) is 8.15. The quantitative estimate of drug-likeness (QED) is 0.0941. The van der Waals surface area contributed by atoms with Crippen molar-refractivity contribution in [3.63, 3.8) is 0 Å². The van der Waals surface area contributed by atoms with Crippen LogP contribution >= 0.6 is 28.5 Å². The van der Waals surface area contributed by atoms with Crippen molar-refractivity contribution in [1.29, 1.82) is 0 Å². The molecule has 0 heterocycles. The van der Waals surface area contributed by atoms with Gasteiger partial charge in [0.15, 0.2) is 8.32 Å². The van der Waals surface area contributed by atoms with Gasteiger partial charge in [0, 0.05) is 6.61 Å².